The Balaban J connectivity index is 1.06. The van der Waals surface area contributed by atoms with Gasteiger partial charge in [-0.05, 0) is 101 Å². The molecule has 5 heteroatoms. The third kappa shape index (κ3) is 4.22. The van der Waals surface area contributed by atoms with Crippen LogP contribution in [0.3, 0.4) is 0 Å². The number of pyridine rings is 2. The Kier molecular flexibility index (Phi) is 5.89. The third-order valence-corrected chi connectivity index (χ3v) is 10.3. The molecule has 0 saturated heterocycles. The van der Waals surface area contributed by atoms with Gasteiger partial charge in [0, 0.05) is 68.5 Å². The van der Waals surface area contributed by atoms with E-state index in [1.54, 1.807) is 6.20 Å². The second-order valence-electron chi connectivity index (χ2n) is 13.1. The summed E-state index contributed by atoms with van der Waals surface area (Å²) in [7, 11) is 0. The van der Waals surface area contributed by atoms with E-state index in [0.717, 1.165) is 60.9 Å². The average Bonchev–Trinajstić information content (AvgIpc) is 3.85. The lowest BCUT2D eigenvalue weighted by Crippen LogP contribution is -1.95. The maximum atomic E-state index is 6.06. The maximum absolute atomic E-state index is 6.06. The molecule has 6 aromatic carbocycles. The van der Waals surface area contributed by atoms with Gasteiger partial charge in [0.15, 0.2) is 0 Å². The lowest BCUT2D eigenvalue weighted by atomic mass is 9.97. The Morgan fingerprint density at radius 1 is 0.353 bits per heavy atom. The second-order valence-corrected chi connectivity index (χ2v) is 13.1. The summed E-state index contributed by atoms with van der Waals surface area (Å²) in [6, 6.07) is 52.2. The highest BCUT2D eigenvalue weighted by atomic mass is 16.3. The summed E-state index contributed by atoms with van der Waals surface area (Å²) in [5, 5.41) is 6.87. The summed E-state index contributed by atoms with van der Waals surface area (Å²) in [6.07, 6.45) is 7.51. The molecular weight excluding hydrogens is 625 g/mol. The van der Waals surface area contributed by atoms with Crippen molar-refractivity contribution in [2.24, 2.45) is 0 Å². The largest absolute Gasteiger partial charge is 0.456 e. The van der Waals surface area contributed by atoms with Gasteiger partial charge in [-0.1, -0.05) is 66.7 Å². The number of fused-ring (bicyclic) bond motifs is 9. The molecule has 0 fully saturated rings. The highest BCUT2D eigenvalue weighted by molar-refractivity contribution is 6.13. The molecule has 0 amide bonds. The van der Waals surface area contributed by atoms with Crippen molar-refractivity contribution in [3.05, 3.63) is 170 Å². The zero-order valence-electron chi connectivity index (χ0n) is 27.4. The van der Waals surface area contributed by atoms with Crippen molar-refractivity contribution in [1.82, 2.24) is 19.1 Å². The SMILES string of the molecule is c1ccc(-n2c3ccncc3c3cc(-n4c5ccccc5c5cc(-c6cccc(-c7ccc8oc9ccncc9c8c7)c6)ccc54)ccc32)cc1. The first-order valence-electron chi connectivity index (χ1n) is 17.1. The van der Waals surface area contributed by atoms with Crippen molar-refractivity contribution in [2.45, 2.75) is 0 Å². The number of furan rings is 1. The molecule has 0 radical (unpaired) electrons. The van der Waals surface area contributed by atoms with Crippen LogP contribution in [0.5, 0.6) is 0 Å². The fourth-order valence-corrected chi connectivity index (χ4v) is 7.96. The first-order chi connectivity index (χ1) is 25.3. The Bertz CT molecular complexity index is 3150. The van der Waals surface area contributed by atoms with Gasteiger partial charge >= 0.3 is 0 Å². The Labute approximate surface area is 292 Å². The molecule has 5 aromatic heterocycles. The molecule has 0 spiro atoms. The highest BCUT2D eigenvalue weighted by Gasteiger charge is 2.17. The molecule has 0 unspecified atom stereocenters. The topological polar surface area (TPSA) is 48.8 Å². The van der Waals surface area contributed by atoms with E-state index < -0.39 is 0 Å². The van der Waals surface area contributed by atoms with Gasteiger partial charge in [0.1, 0.15) is 11.2 Å². The third-order valence-electron chi connectivity index (χ3n) is 10.3. The molecular formula is C46H28N4O. The van der Waals surface area contributed by atoms with Crippen molar-refractivity contribution in [3.8, 4) is 33.6 Å². The van der Waals surface area contributed by atoms with Gasteiger partial charge in [0.05, 0.1) is 22.1 Å². The lowest BCUT2D eigenvalue weighted by Gasteiger charge is -2.11. The summed E-state index contributed by atoms with van der Waals surface area (Å²) >= 11 is 0. The highest BCUT2D eigenvalue weighted by Crippen LogP contribution is 2.39. The van der Waals surface area contributed by atoms with Crippen molar-refractivity contribution >= 4 is 65.6 Å². The molecule has 0 saturated carbocycles. The van der Waals surface area contributed by atoms with E-state index in [1.807, 2.05) is 24.7 Å². The van der Waals surface area contributed by atoms with Gasteiger partial charge in [-0.3, -0.25) is 9.97 Å². The Hall–Kier alpha value is -6.98. The minimum Gasteiger partial charge on any atom is -0.456 e. The van der Waals surface area contributed by atoms with Gasteiger partial charge < -0.3 is 13.6 Å². The van der Waals surface area contributed by atoms with Crippen molar-refractivity contribution in [2.75, 3.05) is 0 Å². The summed E-state index contributed by atoms with van der Waals surface area (Å²) in [4.78, 5) is 8.85. The van der Waals surface area contributed by atoms with Crippen LogP contribution in [0.2, 0.25) is 0 Å². The first-order valence-corrected chi connectivity index (χ1v) is 17.1. The van der Waals surface area contributed by atoms with Crippen molar-refractivity contribution in [1.29, 1.82) is 0 Å². The molecule has 238 valence electrons. The smallest absolute Gasteiger partial charge is 0.138 e. The van der Waals surface area contributed by atoms with Crippen LogP contribution < -0.4 is 0 Å². The summed E-state index contributed by atoms with van der Waals surface area (Å²) in [5.41, 5.74) is 13.3. The van der Waals surface area contributed by atoms with Crippen molar-refractivity contribution < 1.29 is 4.42 Å². The molecule has 0 N–H and O–H groups in total. The molecule has 0 atom stereocenters. The van der Waals surface area contributed by atoms with E-state index in [0.29, 0.717) is 0 Å². The number of nitrogens with zero attached hydrogens (tertiary/aromatic N) is 4. The van der Waals surface area contributed by atoms with Crippen LogP contribution in [0.4, 0.5) is 0 Å². The lowest BCUT2D eigenvalue weighted by molar-refractivity contribution is 0.668. The predicted molar refractivity (Wildman–Crippen MR) is 209 cm³/mol. The first kappa shape index (κ1) is 27.9. The summed E-state index contributed by atoms with van der Waals surface area (Å²) in [5.74, 6) is 0. The predicted octanol–water partition coefficient (Wildman–Crippen LogP) is 11.9. The minimum absolute atomic E-state index is 0.856. The van der Waals surface area contributed by atoms with E-state index in [4.69, 9.17) is 4.42 Å². The van der Waals surface area contributed by atoms with Gasteiger partial charge in [-0.25, -0.2) is 0 Å². The van der Waals surface area contributed by atoms with Gasteiger partial charge in [-0.15, -0.1) is 0 Å². The van der Waals surface area contributed by atoms with E-state index in [9.17, 15) is 0 Å². The van der Waals surface area contributed by atoms with Crippen LogP contribution in [-0.4, -0.2) is 19.1 Å². The molecule has 0 aliphatic heterocycles. The molecule has 51 heavy (non-hydrogen) atoms. The van der Waals surface area contributed by atoms with Gasteiger partial charge in [0.25, 0.3) is 0 Å². The van der Waals surface area contributed by atoms with Crippen LogP contribution in [0.1, 0.15) is 0 Å². The second kappa shape index (κ2) is 10.8. The van der Waals surface area contributed by atoms with E-state index in [1.165, 1.54) is 38.3 Å². The fraction of sp³-hybridized carbons (Fsp3) is 0. The molecule has 0 aliphatic carbocycles. The number of hydrogen-bond acceptors (Lipinski definition) is 3. The molecule has 0 aliphatic rings. The normalized spacial score (nSPS) is 11.9. The zero-order chi connectivity index (χ0) is 33.5. The number of para-hydroxylation sites is 2. The summed E-state index contributed by atoms with van der Waals surface area (Å²) in [6.45, 7) is 0. The molecule has 5 nitrogen and oxygen atoms in total. The zero-order valence-corrected chi connectivity index (χ0v) is 27.4. The fourth-order valence-electron chi connectivity index (χ4n) is 7.96. The molecule has 11 aromatic rings. The number of rotatable bonds is 4. The Morgan fingerprint density at radius 2 is 0.961 bits per heavy atom. The Morgan fingerprint density at radius 3 is 1.82 bits per heavy atom. The maximum Gasteiger partial charge on any atom is 0.138 e. The monoisotopic (exact) mass is 652 g/mol. The van der Waals surface area contributed by atoms with E-state index in [2.05, 4.69) is 159 Å². The van der Waals surface area contributed by atoms with Crippen LogP contribution in [-0.2, 0) is 0 Å². The number of hydrogen-bond donors (Lipinski definition) is 0. The molecule has 5 heterocycles. The van der Waals surface area contributed by atoms with Gasteiger partial charge in [-0.2, -0.15) is 0 Å². The number of benzene rings is 6. The molecule has 0 bridgehead atoms. The number of aromatic nitrogens is 4. The average molecular weight is 653 g/mol. The quantitative estimate of drug-likeness (QED) is 0.190. The van der Waals surface area contributed by atoms with E-state index >= 15 is 0 Å². The summed E-state index contributed by atoms with van der Waals surface area (Å²) < 4.78 is 10.8. The van der Waals surface area contributed by atoms with Crippen LogP contribution in [0, 0.1) is 0 Å². The minimum atomic E-state index is 0.856. The molecule has 11 rings (SSSR count). The van der Waals surface area contributed by atoms with Crippen LogP contribution in [0.25, 0.3) is 99.2 Å². The van der Waals surface area contributed by atoms with Crippen LogP contribution >= 0.6 is 0 Å². The standard InChI is InChI=1S/C46H28N4O/c1-2-9-33(10-3-1)49-43-17-15-34(26-37(43)39-27-47-21-19-44(39)49)50-41-12-5-4-11-35(41)36-24-31(13-16-42(36)50)29-7-6-8-30(23-29)32-14-18-45-38(25-32)40-28-48-22-20-46(40)51-45/h1-28H. The van der Waals surface area contributed by atoms with Crippen molar-refractivity contribution in [3.63, 3.8) is 0 Å². The van der Waals surface area contributed by atoms with E-state index in [-0.39, 0.29) is 0 Å². The van der Waals surface area contributed by atoms with Crippen LogP contribution in [0.15, 0.2) is 175 Å². The van der Waals surface area contributed by atoms with Gasteiger partial charge in [0.2, 0.25) is 0 Å².